The normalized spacial score (nSPS) is 17.1. The van der Waals surface area contributed by atoms with Gasteiger partial charge in [-0.2, -0.15) is 13.2 Å². The molecular formula is C24H28ClF3N2O4. The maximum atomic E-state index is 13.2. The number of benzene rings is 1. The second-order valence-electron chi connectivity index (χ2n) is 9.59. The third-order valence-electron chi connectivity index (χ3n) is 6.12. The molecule has 0 radical (unpaired) electrons. The molecule has 1 aromatic carbocycles. The molecule has 1 saturated heterocycles. The highest BCUT2D eigenvalue weighted by Crippen LogP contribution is 2.36. The third-order valence-corrected chi connectivity index (χ3v) is 6.47. The molecule has 0 aliphatic carbocycles. The van der Waals surface area contributed by atoms with Crippen molar-refractivity contribution in [1.82, 2.24) is 4.98 Å². The summed E-state index contributed by atoms with van der Waals surface area (Å²) >= 11 is 5.96. The Balaban J connectivity index is 1.62. The highest BCUT2D eigenvalue weighted by atomic mass is 35.5. The van der Waals surface area contributed by atoms with Crippen LogP contribution in [0.5, 0.6) is 5.75 Å². The van der Waals surface area contributed by atoms with Gasteiger partial charge in [0.25, 0.3) is 0 Å². The first-order valence-electron chi connectivity index (χ1n) is 10.7. The zero-order valence-corrected chi connectivity index (χ0v) is 20.5. The molecule has 186 valence electrons. The zero-order valence-electron chi connectivity index (χ0n) is 19.7. The molecule has 1 amide bonds. The van der Waals surface area contributed by atoms with Gasteiger partial charge < -0.3 is 14.2 Å². The van der Waals surface area contributed by atoms with Gasteiger partial charge in [0, 0.05) is 10.6 Å². The van der Waals surface area contributed by atoms with Crippen LogP contribution in [0, 0.1) is 5.41 Å². The van der Waals surface area contributed by atoms with Crippen molar-refractivity contribution in [2.24, 2.45) is 5.41 Å². The third kappa shape index (κ3) is 5.93. The number of rotatable bonds is 7. The van der Waals surface area contributed by atoms with Gasteiger partial charge in [-0.05, 0) is 43.5 Å². The molecule has 3 rings (SSSR count). The summed E-state index contributed by atoms with van der Waals surface area (Å²) < 4.78 is 56.6. The zero-order chi connectivity index (χ0) is 25.3. The summed E-state index contributed by atoms with van der Waals surface area (Å²) in [5.41, 5.74) is -1.54. The molecule has 0 bridgehead atoms. The minimum atomic E-state index is -4.55. The fourth-order valence-electron chi connectivity index (χ4n) is 3.06. The average molecular weight is 501 g/mol. The lowest BCUT2D eigenvalue weighted by molar-refractivity contribution is -0.138. The molecule has 1 aromatic heterocycles. The number of hydrogen-bond donors (Lipinski definition) is 0. The van der Waals surface area contributed by atoms with E-state index >= 15 is 0 Å². The van der Waals surface area contributed by atoms with Gasteiger partial charge in [-0.15, -0.1) is 0 Å². The maximum absolute atomic E-state index is 13.2. The molecule has 1 fully saturated rings. The molecule has 34 heavy (non-hydrogen) atoms. The van der Waals surface area contributed by atoms with E-state index in [-0.39, 0.29) is 41.5 Å². The molecule has 1 aliphatic heterocycles. The lowest BCUT2D eigenvalue weighted by Gasteiger charge is -2.39. The molecule has 2 aromatic rings. The standard InChI is InChI=1S/C24H28ClF3N2O4/c1-22(2,3)23(4,5)33-13-16-12-30(21(31)34-16)20-10-9-15(11-29-20)32-14-17-18(24(26,27)28)7-6-8-19(17)25/h6-11,16H,12-14H2,1-5H3/t16-/m1/s1. The Labute approximate surface area is 202 Å². The lowest BCUT2D eigenvalue weighted by Crippen LogP contribution is -2.41. The predicted octanol–water partition coefficient (Wildman–Crippen LogP) is 6.50. The highest BCUT2D eigenvalue weighted by molar-refractivity contribution is 6.31. The first-order chi connectivity index (χ1) is 15.7. The molecule has 10 heteroatoms. The molecular weight excluding hydrogens is 473 g/mol. The summed E-state index contributed by atoms with van der Waals surface area (Å²) in [7, 11) is 0. The SMILES string of the molecule is CC(C)(C)C(C)(C)OC[C@H]1CN(c2ccc(OCc3c(Cl)cccc3C(F)(F)F)cn2)C(=O)O1. The van der Waals surface area contributed by atoms with Gasteiger partial charge in [0.1, 0.15) is 24.3 Å². The number of halogens is 4. The molecule has 0 N–H and O–H groups in total. The minimum Gasteiger partial charge on any atom is -0.487 e. The van der Waals surface area contributed by atoms with Crippen LogP contribution in [0.2, 0.25) is 5.02 Å². The first kappa shape index (κ1) is 26.1. The maximum Gasteiger partial charge on any atom is 0.416 e. The number of ether oxygens (including phenoxy) is 3. The van der Waals surface area contributed by atoms with E-state index in [1.165, 1.54) is 35.4 Å². The van der Waals surface area contributed by atoms with E-state index in [1.807, 2.05) is 13.8 Å². The summed E-state index contributed by atoms with van der Waals surface area (Å²) in [6.45, 7) is 10.3. The van der Waals surface area contributed by atoms with Crippen molar-refractivity contribution in [1.29, 1.82) is 0 Å². The number of alkyl halides is 3. The van der Waals surface area contributed by atoms with Gasteiger partial charge in [0.05, 0.1) is 30.5 Å². The Morgan fingerprint density at radius 1 is 1.15 bits per heavy atom. The number of cyclic esters (lactones) is 1. The molecule has 0 spiro atoms. The molecule has 0 unspecified atom stereocenters. The number of carbonyl (C=O) groups is 1. The Bertz CT molecular complexity index is 1020. The van der Waals surface area contributed by atoms with Gasteiger partial charge >= 0.3 is 12.3 Å². The molecule has 2 heterocycles. The minimum absolute atomic E-state index is 0.0397. The van der Waals surface area contributed by atoms with E-state index in [0.717, 1.165) is 6.07 Å². The van der Waals surface area contributed by atoms with Crippen LogP contribution in [0.3, 0.4) is 0 Å². The van der Waals surface area contributed by atoms with Crippen LogP contribution in [0.15, 0.2) is 36.5 Å². The van der Waals surface area contributed by atoms with Gasteiger partial charge in [-0.1, -0.05) is 38.4 Å². The largest absolute Gasteiger partial charge is 0.487 e. The van der Waals surface area contributed by atoms with Crippen LogP contribution in [0.25, 0.3) is 0 Å². The number of pyridine rings is 1. The Kier molecular flexibility index (Phi) is 7.38. The van der Waals surface area contributed by atoms with E-state index in [0.29, 0.717) is 5.82 Å². The molecule has 0 saturated carbocycles. The smallest absolute Gasteiger partial charge is 0.416 e. The molecule has 1 atom stereocenters. The van der Waals surface area contributed by atoms with E-state index < -0.39 is 29.5 Å². The van der Waals surface area contributed by atoms with Crippen LogP contribution >= 0.6 is 11.6 Å². The second-order valence-corrected chi connectivity index (χ2v) is 10.00. The fourth-order valence-corrected chi connectivity index (χ4v) is 3.29. The predicted molar refractivity (Wildman–Crippen MR) is 122 cm³/mol. The average Bonchev–Trinajstić information content (AvgIpc) is 3.11. The second kappa shape index (κ2) is 9.62. The Morgan fingerprint density at radius 3 is 2.44 bits per heavy atom. The van der Waals surface area contributed by atoms with E-state index in [4.69, 9.17) is 25.8 Å². The van der Waals surface area contributed by atoms with Crippen LogP contribution in [0.4, 0.5) is 23.8 Å². The number of carbonyl (C=O) groups excluding carboxylic acids is 1. The van der Waals surface area contributed by atoms with Crippen LogP contribution in [0.1, 0.15) is 45.7 Å². The van der Waals surface area contributed by atoms with Crippen molar-refractivity contribution < 1.29 is 32.2 Å². The monoisotopic (exact) mass is 500 g/mol. The summed E-state index contributed by atoms with van der Waals surface area (Å²) in [5, 5.41) is -0.0397. The summed E-state index contributed by atoms with van der Waals surface area (Å²) in [4.78, 5) is 17.9. The molecule has 1 aliphatic rings. The van der Waals surface area contributed by atoms with E-state index in [1.54, 1.807) is 0 Å². The van der Waals surface area contributed by atoms with Crippen molar-refractivity contribution >= 4 is 23.5 Å². The van der Waals surface area contributed by atoms with Gasteiger partial charge in [0.2, 0.25) is 0 Å². The number of nitrogens with zero attached hydrogens (tertiary/aromatic N) is 2. The summed E-state index contributed by atoms with van der Waals surface area (Å²) in [6.07, 6.45) is -4.22. The molecule has 6 nitrogen and oxygen atoms in total. The fraction of sp³-hybridized carbons (Fsp3) is 0.500. The topological polar surface area (TPSA) is 60.9 Å². The van der Waals surface area contributed by atoms with E-state index in [9.17, 15) is 18.0 Å². The number of aromatic nitrogens is 1. The van der Waals surface area contributed by atoms with Crippen molar-refractivity contribution in [2.45, 2.75) is 59.1 Å². The lowest BCUT2D eigenvalue weighted by atomic mass is 9.79. The van der Waals surface area contributed by atoms with Crippen LogP contribution in [-0.2, 0) is 22.3 Å². The van der Waals surface area contributed by atoms with Crippen molar-refractivity contribution in [3.05, 3.63) is 52.7 Å². The van der Waals surface area contributed by atoms with E-state index in [2.05, 4.69) is 25.8 Å². The first-order valence-corrected chi connectivity index (χ1v) is 11.1. The van der Waals surface area contributed by atoms with Crippen LogP contribution < -0.4 is 9.64 Å². The number of amides is 1. The number of anilines is 1. The van der Waals surface area contributed by atoms with Crippen molar-refractivity contribution in [3.8, 4) is 5.75 Å². The summed E-state index contributed by atoms with van der Waals surface area (Å²) in [6, 6.07) is 6.62. The van der Waals surface area contributed by atoms with Crippen molar-refractivity contribution in [2.75, 3.05) is 18.1 Å². The van der Waals surface area contributed by atoms with Crippen molar-refractivity contribution in [3.63, 3.8) is 0 Å². The number of hydrogen-bond acceptors (Lipinski definition) is 5. The van der Waals surface area contributed by atoms with Crippen LogP contribution in [-0.4, -0.2) is 35.9 Å². The highest BCUT2D eigenvalue weighted by Gasteiger charge is 2.38. The quantitative estimate of drug-likeness (QED) is 0.434. The van der Waals surface area contributed by atoms with Gasteiger partial charge in [-0.3, -0.25) is 4.90 Å². The summed E-state index contributed by atoms with van der Waals surface area (Å²) in [5.74, 6) is 0.569. The Hall–Kier alpha value is -2.52. The van der Waals surface area contributed by atoms with Gasteiger partial charge in [-0.25, -0.2) is 9.78 Å². The Morgan fingerprint density at radius 2 is 1.85 bits per heavy atom. The van der Waals surface area contributed by atoms with Gasteiger partial charge in [0.15, 0.2) is 0 Å².